The van der Waals surface area contributed by atoms with Crippen LogP contribution >= 0.6 is 11.6 Å². The summed E-state index contributed by atoms with van der Waals surface area (Å²) in [4.78, 5) is 0. The van der Waals surface area contributed by atoms with Crippen molar-refractivity contribution in [3.63, 3.8) is 0 Å². The Morgan fingerprint density at radius 3 is 2.25 bits per heavy atom. The SMILES string of the molecule is CCCCCCCCC(Cl)C[O]. The van der Waals surface area contributed by atoms with E-state index in [4.69, 9.17) is 11.6 Å². The molecule has 0 heterocycles. The topological polar surface area (TPSA) is 19.9 Å². The number of unbranched alkanes of at least 4 members (excludes halogenated alkanes) is 5. The maximum absolute atomic E-state index is 10.3. The van der Waals surface area contributed by atoms with Crippen molar-refractivity contribution in [3.8, 4) is 0 Å². The van der Waals surface area contributed by atoms with Crippen molar-refractivity contribution in [2.75, 3.05) is 6.61 Å². The van der Waals surface area contributed by atoms with Crippen LogP contribution in [0, 0.1) is 0 Å². The molecule has 73 valence electrons. The maximum atomic E-state index is 10.3. The summed E-state index contributed by atoms with van der Waals surface area (Å²) < 4.78 is 0. The van der Waals surface area contributed by atoms with Gasteiger partial charge in [0.1, 0.15) is 0 Å². The zero-order valence-corrected chi connectivity index (χ0v) is 8.78. The van der Waals surface area contributed by atoms with Gasteiger partial charge < -0.3 is 0 Å². The molecule has 12 heavy (non-hydrogen) atoms. The van der Waals surface area contributed by atoms with Crippen LogP contribution in [0.3, 0.4) is 0 Å². The van der Waals surface area contributed by atoms with Crippen LogP contribution in [0.1, 0.15) is 51.9 Å². The zero-order valence-electron chi connectivity index (χ0n) is 8.02. The highest BCUT2D eigenvalue weighted by atomic mass is 35.5. The third-order valence-electron chi connectivity index (χ3n) is 2.05. The van der Waals surface area contributed by atoms with E-state index in [0.29, 0.717) is 0 Å². The Labute approximate surface area is 81.1 Å². The molecule has 0 spiro atoms. The summed E-state index contributed by atoms with van der Waals surface area (Å²) >= 11 is 5.69. The third-order valence-corrected chi connectivity index (χ3v) is 2.40. The summed E-state index contributed by atoms with van der Waals surface area (Å²) in [6.45, 7) is 2.09. The molecule has 0 fully saturated rings. The molecule has 0 aromatic heterocycles. The lowest BCUT2D eigenvalue weighted by atomic mass is 10.1. The maximum Gasteiger partial charge on any atom is 0.0985 e. The molecule has 2 heteroatoms. The fourth-order valence-corrected chi connectivity index (χ4v) is 1.38. The van der Waals surface area contributed by atoms with E-state index in [-0.39, 0.29) is 12.0 Å². The van der Waals surface area contributed by atoms with Gasteiger partial charge in [0.25, 0.3) is 0 Å². The lowest BCUT2D eigenvalue weighted by molar-refractivity contribution is 0.189. The van der Waals surface area contributed by atoms with Crippen LogP contribution in [0.5, 0.6) is 0 Å². The predicted octanol–water partition coefficient (Wildman–Crippen LogP) is 3.77. The van der Waals surface area contributed by atoms with Crippen molar-refractivity contribution in [1.82, 2.24) is 0 Å². The largest absolute Gasteiger partial charge is 0.235 e. The molecule has 0 aromatic rings. The van der Waals surface area contributed by atoms with E-state index in [9.17, 15) is 5.11 Å². The number of halogens is 1. The molecule has 0 N–H and O–H groups in total. The summed E-state index contributed by atoms with van der Waals surface area (Å²) in [5.74, 6) is 0. The van der Waals surface area contributed by atoms with Crippen LogP contribution in [-0.2, 0) is 5.11 Å². The molecule has 1 nitrogen and oxygen atoms in total. The minimum absolute atomic E-state index is 0.128. The Morgan fingerprint density at radius 1 is 1.08 bits per heavy atom. The molecule has 0 saturated carbocycles. The molecular weight excluding hydrogens is 172 g/mol. The number of hydrogen-bond acceptors (Lipinski definition) is 0. The van der Waals surface area contributed by atoms with Gasteiger partial charge in [0.05, 0.1) is 12.0 Å². The van der Waals surface area contributed by atoms with E-state index in [2.05, 4.69) is 6.92 Å². The van der Waals surface area contributed by atoms with Crippen LogP contribution in [-0.4, -0.2) is 12.0 Å². The Balaban J connectivity index is 2.90. The van der Waals surface area contributed by atoms with Crippen LogP contribution in [0.2, 0.25) is 0 Å². The van der Waals surface area contributed by atoms with Crippen molar-refractivity contribution < 1.29 is 5.11 Å². The minimum Gasteiger partial charge on any atom is -0.235 e. The second-order valence-electron chi connectivity index (χ2n) is 3.32. The van der Waals surface area contributed by atoms with E-state index in [1.54, 1.807) is 0 Å². The molecule has 0 amide bonds. The lowest BCUT2D eigenvalue weighted by Gasteiger charge is -2.03. The van der Waals surface area contributed by atoms with Crippen molar-refractivity contribution >= 4 is 11.6 Å². The van der Waals surface area contributed by atoms with Gasteiger partial charge in [0, 0.05) is 0 Å². The second-order valence-corrected chi connectivity index (χ2v) is 3.94. The summed E-state index contributed by atoms with van der Waals surface area (Å²) in [5, 5.41) is 10.1. The first-order valence-corrected chi connectivity index (χ1v) is 5.47. The van der Waals surface area contributed by atoms with Gasteiger partial charge in [-0.05, 0) is 6.42 Å². The molecule has 0 bridgehead atoms. The van der Waals surface area contributed by atoms with Crippen molar-refractivity contribution in [1.29, 1.82) is 0 Å². The number of hydrogen-bond donors (Lipinski definition) is 0. The lowest BCUT2D eigenvalue weighted by Crippen LogP contribution is -2.02. The molecule has 0 aliphatic heterocycles. The second kappa shape index (κ2) is 9.34. The highest BCUT2D eigenvalue weighted by molar-refractivity contribution is 6.20. The normalized spacial score (nSPS) is 13.2. The van der Waals surface area contributed by atoms with Gasteiger partial charge in [-0.3, -0.25) is 0 Å². The van der Waals surface area contributed by atoms with E-state index in [0.717, 1.165) is 12.8 Å². The van der Waals surface area contributed by atoms with E-state index in [1.165, 1.54) is 32.1 Å². The summed E-state index contributed by atoms with van der Waals surface area (Å²) in [5.41, 5.74) is 0. The molecule has 0 saturated heterocycles. The Morgan fingerprint density at radius 2 is 1.67 bits per heavy atom. The number of alkyl halides is 1. The van der Waals surface area contributed by atoms with E-state index < -0.39 is 0 Å². The summed E-state index contributed by atoms with van der Waals surface area (Å²) in [7, 11) is 0. The van der Waals surface area contributed by atoms with Crippen LogP contribution in [0.25, 0.3) is 0 Å². The van der Waals surface area contributed by atoms with Gasteiger partial charge in [-0.2, -0.15) is 0 Å². The van der Waals surface area contributed by atoms with Crippen molar-refractivity contribution in [2.45, 2.75) is 57.2 Å². The Bertz CT molecular complexity index is 85.9. The first kappa shape index (κ1) is 12.2. The number of rotatable bonds is 8. The molecular formula is C10H20ClO. The highest BCUT2D eigenvalue weighted by Gasteiger charge is 2.01. The monoisotopic (exact) mass is 191 g/mol. The molecule has 1 unspecified atom stereocenters. The predicted molar refractivity (Wildman–Crippen MR) is 53.2 cm³/mol. The van der Waals surface area contributed by atoms with Crippen LogP contribution in [0.4, 0.5) is 0 Å². The van der Waals surface area contributed by atoms with Gasteiger partial charge >= 0.3 is 0 Å². The summed E-state index contributed by atoms with van der Waals surface area (Å²) in [6.07, 6.45) is 8.53. The van der Waals surface area contributed by atoms with Gasteiger partial charge in [-0.1, -0.05) is 45.4 Å². The first-order chi connectivity index (χ1) is 5.81. The molecule has 1 radical (unpaired) electrons. The Hall–Kier alpha value is 0.250. The van der Waals surface area contributed by atoms with Gasteiger partial charge in [-0.25, -0.2) is 5.11 Å². The Kier molecular flexibility index (Phi) is 9.53. The zero-order chi connectivity index (χ0) is 9.23. The van der Waals surface area contributed by atoms with Crippen molar-refractivity contribution in [3.05, 3.63) is 0 Å². The third kappa shape index (κ3) is 8.35. The highest BCUT2D eigenvalue weighted by Crippen LogP contribution is 2.11. The smallest absolute Gasteiger partial charge is 0.0985 e. The molecule has 0 rings (SSSR count). The molecule has 0 aliphatic carbocycles. The average Bonchev–Trinajstić information content (AvgIpc) is 2.10. The standard InChI is InChI=1S/C10H20ClO/c1-2-3-4-5-6-7-8-10(11)9-12/h10H,2-9H2,1H3. The molecule has 0 aliphatic rings. The van der Waals surface area contributed by atoms with E-state index >= 15 is 0 Å². The minimum atomic E-state index is -0.129. The molecule has 0 aromatic carbocycles. The van der Waals surface area contributed by atoms with Gasteiger partial charge in [0.2, 0.25) is 0 Å². The van der Waals surface area contributed by atoms with Gasteiger partial charge in [0.15, 0.2) is 0 Å². The van der Waals surface area contributed by atoms with Crippen molar-refractivity contribution in [2.24, 2.45) is 0 Å². The quantitative estimate of drug-likeness (QED) is 0.411. The van der Waals surface area contributed by atoms with Crippen LogP contribution in [0.15, 0.2) is 0 Å². The first-order valence-electron chi connectivity index (χ1n) is 5.03. The fourth-order valence-electron chi connectivity index (χ4n) is 1.23. The fraction of sp³-hybridized carbons (Fsp3) is 1.00. The molecule has 1 atom stereocenters. The average molecular weight is 192 g/mol. The van der Waals surface area contributed by atoms with E-state index in [1.807, 2.05) is 0 Å². The van der Waals surface area contributed by atoms with Crippen LogP contribution < -0.4 is 0 Å². The summed E-state index contributed by atoms with van der Waals surface area (Å²) in [6, 6.07) is 0. The van der Waals surface area contributed by atoms with Gasteiger partial charge in [-0.15, -0.1) is 11.6 Å².